The minimum atomic E-state index is -0.586. The Morgan fingerprint density at radius 3 is 2.52 bits per heavy atom. The van der Waals surface area contributed by atoms with Gasteiger partial charge in [0, 0.05) is 16.0 Å². The molecule has 0 saturated carbocycles. The van der Waals surface area contributed by atoms with Crippen LogP contribution in [0.1, 0.15) is 42.9 Å². The molecule has 2 nitrogen and oxygen atoms in total. The lowest BCUT2D eigenvalue weighted by atomic mass is 9.71. The van der Waals surface area contributed by atoms with E-state index in [2.05, 4.69) is 6.58 Å². The number of cyclic esters (lactones) is 1. The fraction of sp³-hybridized carbons (Fsp3) is 0.286. The molecule has 0 amide bonds. The van der Waals surface area contributed by atoms with Crippen LogP contribution < -0.4 is 0 Å². The van der Waals surface area contributed by atoms with E-state index in [1.165, 1.54) is 0 Å². The van der Waals surface area contributed by atoms with Gasteiger partial charge in [0.05, 0.1) is 5.41 Å². The van der Waals surface area contributed by atoms with Crippen molar-refractivity contribution in [2.24, 2.45) is 5.41 Å². The Bertz CT molecular complexity index is 785. The number of rotatable bonds is 4. The monoisotopic (exact) mass is 374 g/mol. The zero-order valence-corrected chi connectivity index (χ0v) is 15.6. The van der Waals surface area contributed by atoms with E-state index in [0.29, 0.717) is 22.9 Å². The lowest BCUT2D eigenvalue weighted by Crippen LogP contribution is -2.39. The molecule has 4 heteroatoms. The van der Waals surface area contributed by atoms with Gasteiger partial charge in [0.2, 0.25) is 0 Å². The highest BCUT2D eigenvalue weighted by molar-refractivity contribution is 6.30. The summed E-state index contributed by atoms with van der Waals surface area (Å²) in [5.41, 5.74) is 1.41. The number of carbonyl (C=O) groups excluding carboxylic acids is 1. The first-order valence-corrected chi connectivity index (χ1v) is 9.01. The average molecular weight is 375 g/mol. The molecule has 1 saturated heterocycles. The second-order valence-electron chi connectivity index (χ2n) is 6.80. The number of allylic oxidation sites excluding steroid dienone is 1. The number of ether oxygens (including phenoxy) is 1. The Labute approximate surface area is 158 Å². The summed E-state index contributed by atoms with van der Waals surface area (Å²) in [5.74, 6) is -0.173. The van der Waals surface area contributed by atoms with Crippen molar-refractivity contribution in [2.45, 2.75) is 31.8 Å². The molecule has 3 rings (SSSR count). The number of hydrogen-bond donors (Lipinski definition) is 0. The highest BCUT2D eigenvalue weighted by Crippen LogP contribution is 2.49. The van der Waals surface area contributed by atoms with E-state index in [4.69, 9.17) is 27.9 Å². The van der Waals surface area contributed by atoms with Crippen LogP contribution in [0.5, 0.6) is 0 Å². The molecule has 0 unspecified atom stereocenters. The van der Waals surface area contributed by atoms with Gasteiger partial charge in [-0.15, -0.1) is 6.58 Å². The molecular weight excluding hydrogens is 355 g/mol. The van der Waals surface area contributed by atoms with Crippen molar-refractivity contribution in [1.82, 2.24) is 0 Å². The first kappa shape index (κ1) is 18.0. The number of esters is 1. The third-order valence-corrected chi connectivity index (χ3v) is 5.32. The van der Waals surface area contributed by atoms with Gasteiger partial charge in [0.25, 0.3) is 0 Å². The van der Waals surface area contributed by atoms with E-state index in [9.17, 15) is 4.79 Å². The van der Waals surface area contributed by atoms with Crippen LogP contribution in [-0.2, 0) is 9.53 Å². The summed E-state index contributed by atoms with van der Waals surface area (Å²) in [6, 6.07) is 15.2. The molecule has 0 spiro atoms. The van der Waals surface area contributed by atoms with Crippen LogP contribution in [-0.4, -0.2) is 5.97 Å². The predicted octanol–water partition coefficient (Wildman–Crippen LogP) is 6.35. The summed E-state index contributed by atoms with van der Waals surface area (Å²) in [4.78, 5) is 12.7. The molecule has 130 valence electrons. The quantitative estimate of drug-likeness (QED) is 0.460. The molecule has 2 aromatic carbocycles. The summed E-state index contributed by atoms with van der Waals surface area (Å²) in [7, 11) is 0. The van der Waals surface area contributed by atoms with Gasteiger partial charge in [0.15, 0.2) is 0 Å². The number of halogens is 2. The first-order valence-electron chi connectivity index (χ1n) is 8.26. The second kappa shape index (κ2) is 7.23. The number of carbonyl (C=O) groups is 1. The van der Waals surface area contributed by atoms with E-state index >= 15 is 0 Å². The van der Waals surface area contributed by atoms with Gasteiger partial charge in [-0.2, -0.15) is 0 Å². The maximum Gasteiger partial charge on any atom is 0.312 e. The largest absolute Gasteiger partial charge is 0.456 e. The van der Waals surface area contributed by atoms with Crippen LogP contribution in [0.4, 0.5) is 0 Å². The summed E-state index contributed by atoms with van der Waals surface area (Å²) >= 11 is 12.2. The van der Waals surface area contributed by atoms with Gasteiger partial charge in [0.1, 0.15) is 6.10 Å². The molecule has 1 aliphatic heterocycles. The molecule has 2 aromatic rings. The summed E-state index contributed by atoms with van der Waals surface area (Å²) in [5, 5.41) is 1.33. The van der Waals surface area contributed by atoms with Crippen molar-refractivity contribution in [3.63, 3.8) is 0 Å². The van der Waals surface area contributed by atoms with Crippen molar-refractivity contribution in [1.29, 1.82) is 0 Å². The van der Waals surface area contributed by atoms with Gasteiger partial charge in [-0.05, 0) is 55.2 Å². The Balaban J connectivity index is 2.03. The van der Waals surface area contributed by atoms with E-state index in [1.807, 2.05) is 55.5 Å². The molecule has 0 N–H and O–H groups in total. The van der Waals surface area contributed by atoms with Crippen molar-refractivity contribution in [2.75, 3.05) is 0 Å². The second-order valence-corrected chi connectivity index (χ2v) is 7.67. The molecular formula is C21H20Cl2O2. The van der Waals surface area contributed by atoms with Gasteiger partial charge >= 0.3 is 5.97 Å². The predicted molar refractivity (Wildman–Crippen MR) is 102 cm³/mol. The molecule has 0 bridgehead atoms. The standard InChI is InChI=1S/C21H20Cl2O2/c1-3-11-21(2)13-18(15-5-4-6-17(23)12-15)19(25-20(21)24)14-7-9-16(22)10-8-14/h3-10,12,18-19H,1,11,13H2,2H3/t18-,19+,21-/m1/s1. The maximum absolute atomic E-state index is 12.7. The molecule has 25 heavy (non-hydrogen) atoms. The SMILES string of the molecule is C=CC[C@]1(C)C[C@H](c2cccc(Cl)c2)[C@H](c2ccc(Cl)cc2)OC1=O. The van der Waals surface area contributed by atoms with Gasteiger partial charge in [-0.3, -0.25) is 4.79 Å². The average Bonchev–Trinajstić information content (AvgIpc) is 2.58. The fourth-order valence-electron chi connectivity index (χ4n) is 3.48. The third-order valence-electron chi connectivity index (χ3n) is 4.83. The Hall–Kier alpha value is -1.77. The summed E-state index contributed by atoms with van der Waals surface area (Å²) in [6.45, 7) is 5.73. The maximum atomic E-state index is 12.7. The Morgan fingerprint density at radius 2 is 1.88 bits per heavy atom. The highest BCUT2D eigenvalue weighted by Gasteiger charge is 2.46. The van der Waals surface area contributed by atoms with Crippen LogP contribution in [0.25, 0.3) is 0 Å². The van der Waals surface area contributed by atoms with E-state index in [0.717, 1.165) is 11.1 Å². The minimum Gasteiger partial charge on any atom is -0.456 e. The number of hydrogen-bond acceptors (Lipinski definition) is 2. The van der Waals surface area contributed by atoms with Crippen LogP contribution in [0.3, 0.4) is 0 Å². The van der Waals surface area contributed by atoms with Gasteiger partial charge in [-0.25, -0.2) is 0 Å². The van der Waals surface area contributed by atoms with E-state index < -0.39 is 5.41 Å². The van der Waals surface area contributed by atoms with Crippen molar-refractivity contribution in [3.05, 3.63) is 82.4 Å². The van der Waals surface area contributed by atoms with Crippen molar-refractivity contribution >= 4 is 29.2 Å². The molecule has 0 radical (unpaired) electrons. The van der Waals surface area contributed by atoms with Gasteiger partial charge in [-0.1, -0.05) is 53.5 Å². The smallest absolute Gasteiger partial charge is 0.312 e. The molecule has 0 aromatic heterocycles. The molecule has 3 atom stereocenters. The molecule has 1 heterocycles. The van der Waals surface area contributed by atoms with Crippen LogP contribution >= 0.6 is 23.2 Å². The van der Waals surface area contributed by atoms with E-state index in [-0.39, 0.29) is 18.0 Å². The number of benzene rings is 2. The zero-order valence-electron chi connectivity index (χ0n) is 14.0. The normalized spacial score (nSPS) is 26.1. The first-order chi connectivity index (χ1) is 11.9. The minimum absolute atomic E-state index is 0.0162. The molecule has 1 aliphatic rings. The Kier molecular flexibility index (Phi) is 5.21. The molecule has 0 aliphatic carbocycles. The fourth-order valence-corrected chi connectivity index (χ4v) is 3.81. The van der Waals surface area contributed by atoms with Crippen molar-refractivity contribution in [3.8, 4) is 0 Å². The lowest BCUT2D eigenvalue weighted by Gasteiger charge is -2.41. The van der Waals surface area contributed by atoms with Crippen LogP contribution in [0.15, 0.2) is 61.2 Å². The van der Waals surface area contributed by atoms with Crippen LogP contribution in [0, 0.1) is 5.41 Å². The summed E-state index contributed by atoms with van der Waals surface area (Å²) in [6.07, 6.45) is 2.67. The van der Waals surface area contributed by atoms with Gasteiger partial charge < -0.3 is 4.74 Å². The summed E-state index contributed by atoms with van der Waals surface area (Å²) < 4.78 is 5.91. The lowest BCUT2D eigenvalue weighted by molar-refractivity contribution is -0.171. The zero-order chi connectivity index (χ0) is 18.0. The topological polar surface area (TPSA) is 26.3 Å². The van der Waals surface area contributed by atoms with Crippen molar-refractivity contribution < 1.29 is 9.53 Å². The highest BCUT2D eigenvalue weighted by atomic mass is 35.5. The Morgan fingerprint density at radius 1 is 1.16 bits per heavy atom. The van der Waals surface area contributed by atoms with E-state index in [1.54, 1.807) is 6.08 Å². The third kappa shape index (κ3) is 3.75. The molecule has 1 fully saturated rings. The van der Waals surface area contributed by atoms with Crippen LogP contribution in [0.2, 0.25) is 10.0 Å².